The Kier molecular flexibility index (Phi) is 3.68. The third kappa shape index (κ3) is 2.79. The molecule has 1 unspecified atom stereocenters. The minimum absolute atomic E-state index is 0.572. The van der Waals surface area contributed by atoms with E-state index < -0.39 is 0 Å². The molecule has 1 atom stereocenters. The lowest BCUT2D eigenvalue weighted by Crippen LogP contribution is -2.31. The number of nitrogens with zero attached hydrogens (tertiary/aromatic N) is 2. The Hall–Kier alpha value is -1.49. The Bertz CT molecular complexity index is 383. The van der Waals surface area contributed by atoms with Gasteiger partial charge in [0.2, 0.25) is 5.88 Å². The third-order valence-corrected chi connectivity index (χ3v) is 3.29. The van der Waals surface area contributed by atoms with Crippen molar-refractivity contribution in [2.45, 2.75) is 18.9 Å². The fraction of sp³-hybridized carbons (Fsp3) is 0.583. The van der Waals surface area contributed by atoms with Crippen molar-refractivity contribution < 1.29 is 4.74 Å². The molecule has 0 spiro atoms. The van der Waals surface area contributed by atoms with Crippen LogP contribution in [0.3, 0.4) is 0 Å². The van der Waals surface area contributed by atoms with Crippen LogP contribution in [0.2, 0.25) is 0 Å². The van der Waals surface area contributed by atoms with Gasteiger partial charge in [-0.2, -0.15) is 4.98 Å². The van der Waals surface area contributed by atoms with Crippen LogP contribution in [0, 0.1) is 0 Å². The summed E-state index contributed by atoms with van der Waals surface area (Å²) in [4.78, 5) is 6.66. The van der Waals surface area contributed by atoms with Crippen LogP contribution >= 0.6 is 0 Å². The molecule has 5 nitrogen and oxygen atoms in total. The maximum atomic E-state index is 5.87. The van der Waals surface area contributed by atoms with Crippen molar-refractivity contribution in [2.24, 2.45) is 0 Å². The number of methoxy groups -OCH3 is 1. The zero-order valence-electron chi connectivity index (χ0n) is 10.4. The highest BCUT2D eigenvalue weighted by Gasteiger charge is 2.20. The minimum Gasteiger partial charge on any atom is -0.481 e. The monoisotopic (exact) mass is 236 g/mol. The largest absolute Gasteiger partial charge is 0.481 e. The van der Waals surface area contributed by atoms with E-state index >= 15 is 0 Å². The number of pyridine rings is 1. The van der Waals surface area contributed by atoms with Crippen LogP contribution in [0.25, 0.3) is 0 Å². The summed E-state index contributed by atoms with van der Waals surface area (Å²) < 4.78 is 5.09. The SMILES string of the molecule is COc1ccc(N)c(NCC2CCCN2C)n1. The molecule has 0 amide bonds. The summed E-state index contributed by atoms with van der Waals surface area (Å²) in [5.41, 5.74) is 6.53. The first kappa shape index (κ1) is 12.0. The fourth-order valence-corrected chi connectivity index (χ4v) is 2.16. The molecule has 5 heteroatoms. The lowest BCUT2D eigenvalue weighted by molar-refractivity contribution is 0.322. The van der Waals surface area contributed by atoms with Gasteiger partial charge in [0.25, 0.3) is 0 Å². The molecule has 0 aliphatic carbocycles. The van der Waals surface area contributed by atoms with Gasteiger partial charge in [0.05, 0.1) is 12.8 Å². The summed E-state index contributed by atoms with van der Waals surface area (Å²) in [6.07, 6.45) is 2.50. The van der Waals surface area contributed by atoms with Gasteiger partial charge in [0.1, 0.15) is 0 Å². The van der Waals surface area contributed by atoms with Crippen LogP contribution in [-0.4, -0.2) is 43.2 Å². The molecule has 0 aromatic carbocycles. The Morgan fingerprint density at radius 1 is 1.59 bits per heavy atom. The maximum Gasteiger partial charge on any atom is 0.215 e. The first-order valence-corrected chi connectivity index (χ1v) is 5.95. The molecule has 1 aromatic rings. The van der Waals surface area contributed by atoms with Gasteiger partial charge in [-0.25, -0.2) is 0 Å². The lowest BCUT2D eigenvalue weighted by Gasteiger charge is -2.20. The normalized spacial score (nSPS) is 20.5. The van der Waals surface area contributed by atoms with Gasteiger partial charge in [-0.05, 0) is 32.5 Å². The standard InChI is InChI=1S/C12H20N4O/c1-16-7-3-4-9(16)8-14-12-10(13)5-6-11(15-12)17-2/h5-6,9H,3-4,7-8,13H2,1-2H3,(H,14,15). The summed E-state index contributed by atoms with van der Waals surface area (Å²) in [6.45, 7) is 2.05. The molecule has 0 saturated carbocycles. The van der Waals surface area contributed by atoms with E-state index in [9.17, 15) is 0 Å². The number of ether oxygens (including phenoxy) is 1. The van der Waals surface area contributed by atoms with Crippen molar-refractivity contribution in [1.82, 2.24) is 9.88 Å². The van der Waals surface area contributed by atoms with Crippen molar-refractivity contribution in [3.8, 4) is 5.88 Å². The number of anilines is 2. The highest BCUT2D eigenvalue weighted by molar-refractivity contribution is 5.61. The molecule has 2 heterocycles. The number of likely N-dealkylation sites (tertiary alicyclic amines) is 1. The van der Waals surface area contributed by atoms with E-state index in [4.69, 9.17) is 10.5 Å². The minimum atomic E-state index is 0.572. The molecule has 1 aliphatic rings. The molecule has 3 N–H and O–H groups in total. The van der Waals surface area contributed by atoms with Gasteiger partial charge in [-0.3, -0.25) is 0 Å². The molecular formula is C12H20N4O. The van der Waals surface area contributed by atoms with E-state index in [1.54, 1.807) is 13.2 Å². The lowest BCUT2D eigenvalue weighted by atomic mass is 10.2. The Morgan fingerprint density at radius 2 is 2.41 bits per heavy atom. The van der Waals surface area contributed by atoms with E-state index in [0.29, 0.717) is 23.4 Å². The van der Waals surface area contributed by atoms with Crippen molar-refractivity contribution >= 4 is 11.5 Å². The second-order valence-electron chi connectivity index (χ2n) is 4.45. The van der Waals surface area contributed by atoms with E-state index in [0.717, 1.165) is 6.54 Å². The Balaban J connectivity index is 1.98. The number of nitrogens with one attached hydrogen (secondary N) is 1. The van der Waals surface area contributed by atoms with Crippen LogP contribution in [0.5, 0.6) is 5.88 Å². The number of hydrogen-bond donors (Lipinski definition) is 2. The summed E-state index contributed by atoms with van der Waals surface area (Å²) >= 11 is 0. The smallest absolute Gasteiger partial charge is 0.215 e. The van der Waals surface area contributed by atoms with Gasteiger partial charge in [0.15, 0.2) is 5.82 Å². The van der Waals surface area contributed by atoms with Crippen LogP contribution in [0.4, 0.5) is 11.5 Å². The number of nitrogens with two attached hydrogens (primary N) is 1. The number of likely N-dealkylation sites (N-methyl/N-ethyl adjacent to an activating group) is 1. The predicted octanol–water partition coefficient (Wildman–Crippen LogP) is 1.18. The zero-order valence-corrected chi connectivity index (χ0v) is 10.4. The average molecular weight is 236 g/mol. The molecule has 94 valence electrons. The Labute approximate surface area is 102 Å². The van der Waals surface area contributed by atoms with Gasteiger partial charge in [0, 0.05) is 18.7 Å². The van der Waals surface area contributed by atoms with Gasteiger partial charge < -0.3 is 20.7 Å². The summed E-state index contributed by atoms with van der Waals surface area (Å²) in [7, 11) is 3.76. The van der Waals surface area contributed by atoms with E-state index in [-0.39, 0.29) is 0 Å². The molecule has 1 aliphatic heterocycles. The van der Waals surface area contributed by atoms with Gasteiger partial charge in [-0.1, -0.05) is 0 Å². The molecule has 1 fully saturated rings. The van der Waals surface area contributed by atoms with Crippen molar-refractivity contribution in [3.05, 3.63) is 12.1 Å². The molecule has 1 saturated heterocycles. The molecule has 1 aromatic heterocycles. The third-order valence-electron chi connectivity index (χ3n) is 3.29. The molecule has 0 bridgehead atoms. The predicted molar refractivity (Wildman–Crippen MR) is 69.3 cm³/mol. The summed E-state index contributed by atoms with van der Waals surface area (Å²) in [5.74, 6) is 1.30. The first-order chi connectivity index (χ1) is 8.20. The second kappa shape index (κ2) is 5.23. The first-order valence-electron chi connectivity index (χ1n) is 5.95. The van der Waals surface area contributed by atoms with Crippen LogP contribution < -0.4 is 15.8 Å². The van der Waals surface area contributed by atoms with Gasteiger partial charge >= 0.3 is 0 Å². The topological polar surface area (TPSA) is 63.4 Å². The number of rotatable bonds is 4. The zero-order chi connectivity index (χ0) is 12.3. The summed E-state index contributed by atoms with van der Waals surface area (Å²) in [6, 6.07) is 4.15. The van der Waals surface area contributed by atoms with Gasteiger partial charge in [-0.15, -0.1) is 0 Å². The van der Waals surface area contributed by atoms with E-state index in [2.05, 4.69) is 22.2 Å². The Morgan fingerprint density at radius 3 is 3.06 bits per heavy atom. The average Bonchev–Trinajstić information content (AvgIpc) is 2.74. The molecule has 2 rings (SSSR count). The summed E-state index contributed by atoms with van der Waals surface area (Å²) in [5, 5.41) is 3.30. The van der Waals surface area contributed by atoms with Crippen LogP contribution in [0.15, 0.2) is 12.1 Å². The maximum absolute atomic E-state index is 5.87. The number of aromatic nitrogens is 1. The highest BCUT2D eigenvalue weighted by atomic mass is 16.5. The molecular weight excluding hydrogens is 216 g/mol. The van der Waals surface area contributed by atoms with Crippen LogP contribution in [0.1, 0.15) is 12.8 Å². The van der Waals surface area contributed by atoms with E-state index in [1.807, 2.05) is 6.07 Å². The van der Waals surface area contributed by atoms with Crippen molar-refractivity contribution in [2.75, 3.05) is 38.3 Å². The van der Waals surface area contributed by atoms with Crippen LogP contribution in [-0.2, 0) is 0 Å². The number of nitrogen functional groups attached to an aromatic ring is 1. The molecule has 0 radical (unpaired) electrons. The second-order valence-corrected chi connectivity index (χ2v) is 4.45. The fourth-order valence-electron chi connectivity index (χ4n) is 2.16. The number of hydrogen-bond acceptors (Lipinski definition) is 5. The highest BCUT2D eigenvalue weighted by Crippen LogP contribution is 2.21. The van der Waals surface area contributed by atoms with E-state index in [1.165, 1.54) is 19.4 Å². The van der Waals surface area contributed by atoms with Crippen molar-refractivity contribution in [1.29, 1.82) is 0 Å². The van der Waals surface area contributed by atoms with Crippen molar-refractivity contribution in [3.63, 3.8) is 0 Å². The molecule has 17 heavy (non-hydrogen) atoms. The quantitative estimate of drug-likeness (QED) is 0.822.